The predicted molar refractivity (Wildman–Crippen MR) is 83.3 cm³/mol. The van der Waals surface area contributed by atoms with E-state index in [1.807, 2.05) is 38.1 Å². The van der Waals surface area contributed by atoms with E-state index in [1.165, 1.54) is 4.90 Å². The number of hydrogen-bond donors (Lipinski definition) is 2. The zero-order valence-electron chi connectivity index (χ0n) is 12.7. The van der Waals surface area contributed by atoms with Gasteiger partial charge in [-0.15, -0.1) is 0 Å². The van der Waals surface area contributed by atoms with E-state index in [1.54, 1.807) is 0 Å². The van der Waals surface area contributed by atoms with E-state index in [4.69, 9.17) is 10.8 Å². The zero-order chi connectivity index (χ0) is 15.8. The third-order valence-corrected chi connectivity index (χ3v) is 3.29. The summed E-state index contributed by atoms with van der Waals surface area (Å²) in [5.41, 5.74) is 7.73. The molecule has 3 N–H and O–H groups in total. The van der Waals surface area contributed by atoms with Crippen LogP contribution in [0.4, 0.5) is 5.69 Å². The lowest BCUT2D eigenvalue weighted by molar-refractivity contribution is -0.136. The summed E-state index contributed by atoms with van der Waals surface area (Å²) in [6.07, 6.45) is 1.87. The lowest BCUT2D eigenvalue weighted by Gasteiger charge is -2.24. The minimum Gasteiger partial charge on any atom is -0.481 e. The normalized spacial score (nSPS) is 12.0. The van der Waals surface area contributed by atoms with Crippen molar-refractivity contribution in [3.8, 4) is 0 Å². The molecule has 0 saturated heterocycles. The summed E-state index contributed by atoms with van der Waals surface area (Å²) in [7, 11) is 0. The van der Waals surface area contributed by atoms with Crippen LogP contribution in [0.1, 0.15) is 38.2 Å². The molecule has 1 rings (SSSR count). The highest BCUT2D eigenvalue weighted by molar-refractivity contribution is 5.94. The van der Waals surface area contributed by atoms with Crippen molar-refractivity contribution >= 4 is 17.6 Å². The number of carbonyl (C=O) groups is 2. The number of carbonyl (C=O) groups excluding carboxylic acids is 1. The molecule has 1 aromatic rings. The topological polar surface area (TPSA) is 83.6 Å². The average Bonchev–Trinajstić information content (AvgIpc) is 2.40. The summed E-state index contributed by atoms with van der Waals surface area (Å²) < 4.78 is 0. The number of carboxylic acids is 1. The number of nitrogens with zero attached hydrogens (tertiary/aromatic N) is 1. The number of rotatable bonds is 8. The first-order valence-corrected chi connectivity index (χ1v) is 7.28. The van der Waals surface area contributed by atoms with Gasteiger partial charge in [-0.25, -0.2) is 0 Å². The van der Waals surface area contributed by atoms with Gasteiger partial charge in [-0.2, -0.15) is 0 Å². The number of carboxylic acid groups (broad SMARTS) is 1. The SMILES string of the molecule is CCCC(N)CC(=O)N(CCC(=O)O)c1ccc(C)cc1. The van der Waals surface area contributed by atoms with E-state index in [0.29, 0.717) is 0 Å². The van der Waals surface area contributed by atoms with Crippen molar-refractivity contribution in [3.63, 3.8) is 0 Å². The summed E-state index contributed by atoms with van der Waals surface area (Å²) in [6, 6.07) is 7.30. The fourth-order valence-electron chi connectivity index (χ4n) is 2.14. The van der Waals surface area contributed by atoms with Gasteiger partial charge < -0.3 is 15.7 Å². The summed E-state index contributed by atoms with van der Waals surface area (Å²) >= 11 is 0. The van der Waals surface area contributed by atoms with Crippen molar-refractivity contribution in [1.82, 2.24) is 0 Å². The minimum atomic E-state index is -0.919. The molecular formula is C16H24N2O3. The van der Waals surface area contributed by atoms with Gasteiger partial charge in [0.25, 0.3) is 0 Å². The maximum atomic E-state index is 12.4. The van der Waals surface area contributed by atoms with Crippen molar-refractivity contribution in [2.24, 2.45) is 5.73 Å². The lowest BCUT2D eigenvalue weighted by atomic mass is 10.1. The maximum Gasteiger partial charge on any atom is 0.305 e. The van der Waals surface area contributed by atoms with E-state index in [0.717, 1.165) is 24.1 Å². The van der Waals surface area contributed by atoms with Gasteiger partial charge in [0.1, 0.15) is 0 Å². The second kappa shape index (κ2) is 8.42. The van der Waals surface area contributed by atoms with E-state index in [9.17, 15) is 9.59 Å². The molecule has 5 nitrogen and oxygen atoms in total. The number of hydrogen-bond acceptors (Lipinski definition) is 3. The zero-order valence-corrected chi connectivity index (χ0v) is 12.7. The minimum absolute atomic E-state index is 0.0807. The second-order valence-electron chi connectivity index (χ2n) is 5.28. The lowest BCUT2D eigenvalue weighted by Crippen LogP contribution is -2.37. The number of anilines is 1. The van der Waals surface area contributed by atoms with Crippen molar-refractivity contribution in [2.75, 3.05) is 11.4 Å². The Hall–Kier alpha value is -1.88. The first-order valence-electron chi connectivity index (χ1n) is 7.28. The molecule has 0 spiro atoms. The molecule has 0 heterocycles. The van der Waals surface area contributed by atoms with Crippen LogP contribution < -0.4 is 10.6 Å². The van der Waals surface area contributed by atoms with Crippen LogP contribution in [0.15, 0.2) is 24.3 Å². The Bertz CT molecular complexity index is 471. The number of amides is 1. The van der Waals surface area contributed by atoms with Crippen LogP contribution in [-0.4, -0.2) is 29.6 Å². The summed E-state index contributed by atoms with van der Waals surface area (Å²) in [6.45, 7) is 4.15. The van der Waals surface area contributed by atoms with Gasteiger partial charge in [-0.3, -0.25) is 9.59 Å². The highest BCUT2D eigenvalue weighted by Gasteiger charge is 2.19. The monoisotopic (exact) mass is 292 g/mol. The van der Waals surface area contributed by atoms with Crippen LogP contribution in [0.5, 0.6) is 0 Å². The largest absolute Gasteiger partial charge is 0.481 e. The number of nitrogens with two attached hydrogens (primary N) is 1. The van der Waals surface area contributed by atoms with Crippen molar-refractivity contribution in [2.45, 2.75) is 45.6 Å². The van der Waals surface area contributed by atoms with Gasteiger partial charge in [0, 0.05) is 24.7 Å². The van der Waals surface area contributed by atoms with Crippen molar-refractivity contribution in [3.05, 3.63) is 29.8 Å². The first-order chi connectivity index (χ1) is 9.93. The fourth-order valence-corrected chi connectivity index (χ4v) is 2.14. The third-order valence-electron chi connectivity index (χ3n) is 3.29. The Kier molecular flexibility index (Phi) is 6.88. The van der Waals surface area contributed by atoms with Crippen LogP contribution in [0.2, 0.25) is 0 Å². The molecule has 0 aliphatic heterocycles. The van der Waals surface area contributed by atoms with Crippen LogP contribution >= 0.6 is 0 Å². The molecular weight excluding hydrogens is 268 g/mol. The Morgan fingerprint density at radius 1 is 1.29 bits per heavy atom. The molecule has 116 valence electrons. The highest BCUT2D eigenvalue weighted by Crippen LogP contribution is 2.17. The van der Waals surface area contributed by atoms with Crippen LogP contribution in [-0.2, 0) is 9.59 Å². The number of aliphatic carboxylic acids is 1. The second-order valence-corrected chi connectivity index (χ2v) is 5.28. The molecule has 1 amide bonds. The van der Waals surface area contributed by atoms with Crippen molar-refractivity contribution in [1.29, 1.82) is 0 Å². The molecule has 21 heavy (non-hydrogen) atoms. The summed E-state index contributed by atoms with van der Waals surface area (Å²) in [5, 5.41) is 8.84. The molecule has 0 bridgehead atoms. The molecule has 0 aliphatic carbocycles. The predicted octanol–water partition coefficient (Wildman–Crippen LogP) is 2.32. The maximum absolute atomic E-state index is 12.4. The highest BCUT2D eigenvalue weighted by atomic mass is 16.4. The molecule has 5 heteroatoms. The van der Waals surface area contributed by atoms with Crippen LogP contribution in [0.3, 0.4) is 0 Å². The summed E-state index contributed by atoms with van der Waals surface area (Å²) in [5.74, 6) is -1.04. The van der Waals surface area contributed by atoms with Gasteiger partial charge in [-0.05, 0) is 25.5 Å². The van der Waals surface area contributed by atoms with E-state index >= 15 is 0 Å². The third kappa shape index (κ3) is 5.95. The van der Waals surface area contributed by atoms with Gasteiger partial charge >= 0.3 is 5.97 Å². The standard InChI is InChI=1S/C16H24N2O3/c1-3-4-13(17)11-15(19)18(10-9-16(20)21)14-7-5-12(2)6-8-14/h5-8,13H,3-4,9-11,17H2,1-2H3,(H,20,21). The number of benzene rings is 1. The first kappa shape index (κ1) is 17.2. The molecule has 0 aliphatic rings. The average molecular weight is 292 g/mol. The van der Waals surface area contributed by atoms with Gasteiger partial charge in [0.2, 0.25) is 5.91 Å². The molecule has 1 unspecified atom stereocenters. The fraction of sp³-hybridized carbons (Fsp3) is 0.500. The van der Waals surface area contributed by atoms with Crippen LogP contribution in [0, 0.1) is 6.92 Å². The number of aryl methyl sites for hydroxylation is 1. The quantitative estimate of drug-likeness (QED) is 0.770. The molecule has 0 radical (unpaired) electrons. The molecule has 0 saturated carbocycles. The Labute approximate surface area is 125 Å². The van der Waals surface area contributed by atoms with E-state index in [2.05, 4.69) is 0 Å². The van der Waals surface area contributed by atoms with Gasteiger partial charge in [0.15, 0.2) is 0 Å². The van der Waals surface area contributed by atoms with Gasteiger partial charge in [0.05, 0.1) is 6.42 Å². The van der Waals surface area contributed by atoms with E-state index < -0.39 is 5.97 Å². The molecule has 0 aromatic heterocycles. The Balaban J connectivity index is 2.83. The smallest absolute Gasteiger partial charge is 0.305 e. The molecule has 1 aromatic carbocycles. The Morgan fingerprint density at radius 3 is 2.43 bits per heavy atom. The molecule has 1 atom stereocenters. The molecule has 0 fully saturated rings. The summed E-state index contributed by atoms with van der Waals surface area (Å²) in [4.78, 5) is 24.7. The van der Waals surface area contributed by atoms with Crippen molar-refractivity contribution < 1.29 is 14.7 Å². The van der Waals surface area contributed by atoms with Gasteiger partial charge in [-0.1, -0.05) is 31.0 Å². The Morgan fingerprint density at radius 2 is 1.90 bits per heavy atom. The van der Waals surface area contributed by atoms with E-state index in [-0.39, 0.29) is 31.3 Å². The van der Waals surface area contributed by atoms with Crippen LogP contribution in [0.25, 0.3) is 0 Å².